The summed E-state index contributed by atoms with van der Waals surface area (Å²) in [6.45, 7) is 2.43. The van der Waals surface area contributed by atoms with Crippen molar-refractivity contribution in [2.75, 3.05) is 24.3 Å². The summed E-state index contributed by atoms with van der Waals surface area (Å²) in [5.74, 6) is -0.173. The van der Waals surface area contributed by atoms with E-state index in [1.54, 1.807) is 18.2 Å². The molecule has 0 radical (unpaired) electrons. The van der Waals surface area contributed by atoms with Crippen LogP contribution in [0.1, 0.15) is 6.92 Å². The predicted molar refractivity (Wildman–Crippen MR) is 63.7 cm³/mol. The number of nitrogens with two attached hydrogens (primary N) is 1. The van der Waals surface area contributed by atoms with Crippen LogP contribution >= 0.6 is 15.9 Å². The summed E-state index contributed by atoms with van der Waals surface area (Å²) in [5.41, 5.74) is 6.95. The lowest BCUT2D eigenvalue weighted by atomic mass is 10.3. The second kappa shape index (κ2) is 5.72. The first-order chi connectivity index (χ1) is 7.13. The topological polar surface area (TPSA) is 64.3 Å². The zero-order valence-corrected chi connectivity index (χ0v) is 10.0. The summed E-state index contributed by atoms with van der Waals surface area (Å²) in [6.07, 6.45) is 0. The van der Waals surface area contributed by atoms with E-state index in [0.29, 0.717) is 18.0 Å². The molecular formula is C10H13BrN2O2. The number of rotatable bonds is 4. The number of benzene rings is 1. The SMILES string of the molecule is CCOCC(=O)Nc1ccc(N)c(Br)c1. The average molecular weight is 273 g/mol. The number of carbonyl (C=O) groups is 1. The molecule has 1 amide bonds. The maximum absolute atomic E-state index is 11.3. The second-order valence-corrected chi connectivity index (χ2v) is 3.78. The maximum atomic E-state index is 11.3. The standard InChI is InChI=1S/C10H13BrN2O2/c1-2-15-6-10(14)13-7-3-4-9(12)8(11)5-7/h3-5H,2,6,12H2,1H3,(H,13,14). The molecule has 5 heteroatoms. The van der Waals surface area contributed by atoms with Gasteiger partial charge in [-0.25, -0.2) is 0 Å². The summed E-state index contributed by atoms with van der Waals surface area (Å²) in [6, 6.07) is 5.21. The number of ether oxygens (including phenoxy) is 1. The van der Waals surface area contributed by atoms with Crippen molar-refractivity contribution in [3.63, 3.8) is 0 Å². The molecule has 0 unspecified atom stereocenters. The fraction of sp³-hybridized carbons (Fsp3) is 0.300. The third kappa shape index (κ3) is 3.89. The zero-order valence-electron chi connectivity index (χ0n) is 8.42. The molecule has 0 fully saturated rings. The number of hydrogen-bond donors (Lipinski definition) is 2. The minimum Gasteiger partial charge on any atom is -0.398 e. The predicted octanol–water partition coefficient (Wildman–Crippen LogP) is 2.01. The smallest absolute Gasteiger partial charge is 0.250 e. The summed E-state index contributed by atoms with van der Waals surface area (Å²) in [4.78, 5) is 11.3. The first kappa shape index (κ1) is 12.0. The Kier molecular flexibility index (Phi) is 4.58. The molecule has 1 aromatic rings. The molecule has 15 heavy (non-hydrogen) atoms. The monoisotopic (exact) mass is 272 g/mol. The Hall–Kier alpha value is -1.07. The Labute approximate surface area is 96.9 Å². The molecule has 0 spiro atoms. The lowest BCUT2D eigenvalue weighted by molar-refractivity contribution is -0.120. The Morgan fingerprint density at radius 3 is 2.93 bits per heavy atom. The van der Waals surface area contributed by atoms with Crippen LogP contribution in [-0.2, 0) is 9.53 Å². The van der Waals surface area contributed by atoms with Crippen molar-refractivity contribution in [1.82, 2.24) is 0 Å². The molecule has 0 saturated carbocycles. The highest BCUT2D eigenvalue weighted by molar-refractivity contribution is 9.10. The molecule has 0 aliphatic heterocycles. The van der Waals surface area contributed by atoms with Gasteiger partial charge in [0.1, 0.15) is 6.61 Å². The largest absolute Gasteiger partial charge is 0.398 e. The highest BCUT2D eigenvalue weighted by Crippen LogP contribution is 2.22. The van der Waals surface area contributed by atoms with Crippen molar-refractivity contribution in [2.45, 2.75) is 6.92 Å². The fourth-order valence-electron chi connectivity index (χ4n) is 0.997. The van der Waals surface area contributed by atoms with E-state index in [4.69, 9.17) is 10.5 Å². The van der Waals surface area contributed by atoms with Crippen molar-refractivity contribution >= 4 is 33.2 Å². The van der Waals surface area contributed by atoms with E-state index in [-0.39, 0.29) is 12.5 Å². The van der Waals surface area contributed by atoms with E-state index in [0.717, 1.165) is 4.47 Å². The Morgan fingerprint density at radius 1 is 1.60 bits per heavy atom. The van der Waals surface area contributed by atoms with Crippen LogP contribution in [0, 0.1) is 0 Å². The van der Waals surface area contributed by atoms with Gasteiger partial charge in [-0.15, -0.1) is 0 Å². The normalized spacial score (nSPS) is 10.0. The van der Waals surface area contributed by atoms with Gasteiger partial charge in [0.25, 0.3) is 0 Å². The van der Waals surface area contributed by atoms with Crippen LogP contribution in [0.15, 0.2) is 22.7 Å². The Balaban J connectivity index is 2.57. The lowest BCUT2D eigenvalue weighted by Crippen LogP contribution is -2.18. The number of hydrogen-bond acceptors (Lipinski definition) is 3. The van der Waals surface area contributed by atoms with E-state index >= 15 is 0 Å². The second-order valence-electron chi connectivity index (χ2n) is 2.92. The van der Waals surface area contributed by atoms with Gasteiger partial charge < -0.3 is 15.8 Å². The van der Waals surface area contributed by atoms with Gasteiger partial charge in [-0.05, 0) is 41.1 Å². The van der Waals surface area contributed by atoms with Gasteiger partial charge in [-0.3, -0.25) is 4.79 Å². The summed E-state index contributed by atoms with van der Waals surface area (Å²) in [5, 5.41) is 2.70. The van der Waals surface area contributed by atoms with Crippen molar-refractivity contribution in [2.24, 2.45) is 0 Å². The Bertz CT molecular complexity index is 355. The van der Waals surface area contributed by atoms with Crippen molar-refractivity contribution in [1.29, 1.82) is 0 Å². The van der Waals surface area contributed by atoms with Gasteiger partial charge in [0, 0.05) is 22.5 Å². The first-order valence-electron chi connectivity index (χ1n) is 4.56. The van der Waals surface area contributed by atoms with Crippen LogP contribution in [0.3, 0.4) is 0 Å². The quantitative estimate of drug-likeness (QED) is 0.825. The molecule has 0 atom stereocenters. The van der Waals surface area contributed by atoms with Crippen LogP contribution in [0.5, 0.6) is 0 Å². The van der Waals surface area contributed by atoms with Gasteiger partial charge in [-0.2, -0.15) is 0 Å². The van der Waals surface area contributed by atoms with Gasteiger partial charge >= 0.3 is 0 Å². The van der Waals surface area contributed by atoms with Crippen molar-refractivity contribution in [3.8, 4) is 0 Å². The van der Waals surface area contributed by atoms with Crippen molar-refractivity contribution < 1.29 is 9.53 Å². The maximum Gasteiger partial charge on any atom is 0.250 e. The molecule has 0 heterocycles. The molecular weight excluding hydrogens is 260 g/mol. The molecule has 4 nitrogen and oxygen atoms in total. The highest BCUT2D eigenvalue weighted by Gasteiger charge is 2.03. The summed E-state index contributed by atoms with van der Waals surface area (Å²) >= 11 is 3.28. The van der Waals surface area contributed by atoms with Crippen LogP contribution in [0.25, 0.3) is 0 Å². The molecule has 0 bridgehead atoms. The number of halogens is 1. The number of amides is 1. The van der Waals surface area contributed by atoms with Gasteiger partial charge in [-0.1, -0.05) is 0 Å². The molecule has 0 aliphatic rings. The third-order valence-electron chi connectivity index (χ3n) is 1.72. The molecule has 0 aliphatic carbocycles. The van der Waals surface area contributed by atoms with Gasteiger partial charge in [0.05, 0.1) is 0 Å². The average Bonchev–Trinajstić information content (AvgIpc) is 2.20. The molecule has 82 valence electrons. The van der Waals surface area contributed by atoms with E-state index in [9.17, 15) is 4.79 Å². The molecule has 1 rings (SSSR count). The molecule has 1 aromatic carbocycles. The van der Waals surface area contributed by atoms with Crippen LogP contribution in [-0.4, -0.2) is 19.1 Å². The number of nitrogen functional groups attached to an aromatic ring is 1. The van der Waals surface area contributed by atoms with Gasteiger partial charge in [0.2, 0.25) is 5.91 Å². The van der Waals surface area contributed by atoms with E-state index in [1.807, 2.05) is 6.92 Å². The molecule has 3 N–H and O–H groups in total. The lowest BCUT2D eigenvalue weighted by Gasteiger charge is -2.06. The fourth-order valence-corrected chi connectivity index (χ4v) is 1.38. The van der Waals surface area contributed by atoms with E-state index in [2.05, 4.69) is 21.2 Å². The van der Waals surface area contributed by atoms with E-state index < -0.39 is 0 Å². The summed E-state index contributed by atoms with van der Waals surface area (Å²) < 4.78 is 5.73. The zero-order chi connectivity index (χ0) is 11.3. The Morgan fingerprint density at radius 2 is 2.33 bits per heavy atom. The minimum atomic E-state index is -0.173. The van der Waals surface area contributed by atoms with Gasteiger partial charge in [0.15, 0.2) is 0 Å². The minimum absolute atomic E-state index is 0.0680. The third-order valence-corrected chi connectivity index (χ3v) is 2.41. The van der Waals surface area contributed by atoms with E-state index in [1.165, 1.54) is 0 Å². The number of carbonyl (C=O) groups excluding carboxylic acids is 1. The summed E-state index contributed by atoms with van der Waals surface area (Å²) in [7, 11) is 0. The first-order valence-corrected chi connectivity index (χ1v) is 5.35. The van der Waals surface area contributed by atoms with Crippen LogP contribution in [0.4, 0.5) is 11.4 Å². The van der Waals surface area contributed by atoms with Crippen LogP contribution in [0.2, 0.25) is 0 Å². The number of nitrogens with one attached hydrogen (secondary N) is 1. The highest BCUT2D eigenvalue weighted by atomic mass is 79.9. The van der Waals surface area contributed by atoms with Crippen molar-refractivity contribution in [3.05, 3.63) is 22.7 Å². The van der Waals surface area contributed by atoms with Crippen LogP contribution < -0.4 is 11.1 Å². The molecule has 0 saturated heterocycles. The molecule has 0 aromatic heterocycles. The number of anilines is 2.